The van der Waals surface area contributed by atoms with Crippen molar-refractivity contribution in [2.24, 2.45) is 5.92 Å². The van der Waals surface area contributed by atoms with Gasteiger partial charge in [-0.3, -0.25) is 4.79 Å². The van der Waals surface area contributed by atoms with Crippen LogP contribution in [0.3, 0.4) is 0 Å². The first-order valence-corrected chi connectivity index (χ1v) is 6.70. The van der Waals surface area contributed by atoms with Crippen molar-refractivity contribution >= 4 is 18.3 Å². The number of carbonyl (C=O) groups is 1. The van der Waals surface area contributed by atoms with Crippen LogP contribution in [-0.4, -0.2) is 35.6 Å². The molecule has 19 heavy (non-hydrogen) atoms. The molecule has 0 bridgehead atoms. The van der Waals surface area contributed by atoms with Crippen LogP contribution >= 0.6 is 12.4 Å². The summed E-state index contributed by atoms with van der Waals surface area (Å²) in [6.07, 6.45) is 2.99. The lowest BCUT2D eigenvalue weighted by Gasteiger charge is -2.25. The number of hydrogen-bond acceptors (Lipinski definition) is 4. The smallest absolute Gasteiger partial charge is 0.227 e. The van der Waals surface area contributed by atoms with Gasteiger partial charge in [0.1, 0.15) is 0 Å². The molecule has 6 heteroatoms. The monoisotopic (exact) mass is 285 g/mol. The fourth-order valence-corrected chi connectivity index (χ4v) is 2.97. The number of carbonyl (C=O) groups excluding carboxylic acids is 1. The van der Waals surface area contributed by atoms with E-state index in [0.717, 1.165) is 50.4 Å². The second-order valence-corrected chi connectivity index (χ2v) is 5.25. The van der Waals surface area contributed by atoms with Gasteiger partial charge in [-0.05, 0) is 32.7 Å². The number of halogens is 1. The van der Waals surface area contributed by atoms with Gasteiger partial charge in [0, 0.05) is 19.2 Å². The average molecular weight is 286 g/mol. The quantitative estimate of drug-likeness (QED) is 0.898. The van der Waals surface area contributed by atoms with E-state index in [1.807, 2.05) is 17.9 Å². The molecule has 1 N–H and O–H groups in total. The number of nitrogens with one attached hydrogen (secondary N) is 1. The van der Waals surface area contributed by atoms with Gasteiger partial charge in [0.25, 0.3) is 0 Å². The molecule has 2 aliphatic heterocycles. The third kappa shape index (κ3) is 2.77. The molecular formula is C13H20ClN3O2. The lowest BCUT2D eigenvalue weighted by atomic mass is 10.1. The topological polar surface area (TPSA) is 58.4 Å². The second-order valence-electron chi connectivity index (χ2n) is 5.25. The number of nitrogens with zero attached hydrogens (tertiary/aromatic N) is 2. The summed E-state index contributed by atoms with van der Waals surface area (Å²) < 4.78 is 5.33. The molecule has 0 spiro atoms. The Morgan fingerprint density at radius 1 is 1.53 bits per heavy atom. The molecule has 2 atom stereocenters. The first-order chi connectivity index (χ1) is 8.75. The fraction of sp³-hybridized carbons (Fsp3) is 0.692. The van der Waals surface area contributed by atoms with Crippen LogP contribution < -0.4 is 5.32 Å². The summed E-state index contributed by atoms with van der Waals surface area (Å²) in [5, 5.41) is 7.18. The summed E-state index contributed by atoms with van der Waals surface area (Å²) in [5.74, 6) is 1.26. The predicted octanol–water partition coefficient (Wildman–Crippen LogP) is 1.68. The molecule has 1 amide bonds. The zero-order chi connectivity index (χ0) is 12.5. The van der Waals surface area contributed by atoms with Crippen LogP contribution in [0.25, 0.3) is 0 Å². The Labute approximate surface area is 119 Å². The predicted molar refractivity (Wildman–Crippen MR) is 73.2 cm³/mol. The molecule has 2 aliphatic rings. The van der Waals surface area contributed by atoms with Crippen LogP contribution in [0.5, 0.6) is 0 Å². The highest BCUT2D eigenvalue weighted by Gasteiger charge is 2.36. The van der Waals surface area contributed by atoms with E-state index in [-0.39, 0.29) is 30.3 Å². The molecule has 2 fully saturated rings. The summed E-state index contributed by atoms with van der Waals surface area (Å²) in [7, 11) is 0. The highest BCUT2D eigenvalue weighted by molar-refractivity contribution is 5.85. The molecule has 0 radical (unpaired) electrons. The molecular weight excluding hydrogens is 266 g/mol. The van der Waals surface area contributed by atoms with Crippen LogP contribution in [0.4, 0.5) is 0 Å². The van der Waals surface area contributed by atoms with Crippen molar-refractivity contribution in [2.75, 3.05) is 19.6 Å². The highest BCUT2D eigenvalue weighted by Crippen LogP contribution is 2.33. The van der Waals surface area contributed by atoms with E-state index in [2.05, 4.69) is 10.5 Å². The Morgan fingerprint density at radius 2 is 2.37 bits per heavy atom. The van der Waals surface area contributed by atoms with Gasteiger partial charge < -0.3 is 14.7 Å². The summed E-state index contributed by atoms with van der Waals surface area (Å²) >= 11 is 0. The van der Waals surface area contributed by atoms with E-state index < -0.39 is 0 Å². The summed E-state index contributed by atoms with van der Waals surface area (Å²) in [5.41, 5.74) is 0.881. The number of likely N-dealkylation sites (tertiary alicyclic amines) is 1. The molecule has 1 aromatic rings. The van der Waals surface area contributed by atoms with Crippen molar-refractivity contribution in [2.45, 2.75) is 32.2 Å². The molecule has 106 valence electrons. The zero-order valence-electron chi connectivity index (χ0n) is 11.1. The summed E-state index contributed by atoms with van der Waals surface area (Å²) in [6, 6.07) is 2.04. The maximum absolute atomic E-state index is 12.5. The number of aromatic nitrogens is 1. The molecule has 0 aliphatic carbocycles. The minimum absolute atomic E-state index is 0. The number of aryl methyl sites for hydroxylation is 1. The molecule has 2 saturated heterocycles. The third-order valence-corrected chi connectivity index (χ3v) is 3.92. The SMILES string of the molecule is Cc1cc(C2CCCN2C(=O)C2CCNC2)on1.Cl. The Hall–Kier alpha value is -1.07. The lowest BCUT2D eigenvalue weighted by molar-refractivity contribution is -0.136. The van der Waals surface area contributed by atoms with Gasteiger partial charge >= 0.3 is 0 Å². The molecule has 0 aromatic carbocycles. The number of hydrogen-bond donors (Lipinski definition) is 1. The van der Waals surface area contributed by atoms with E-state index in [0.29, 0.717) is 0 Å². The van der Waals surface area contributed by atoms with Crippen LogP contribution in [0, 0.1) is 12.8 Å². The van der Waals surface area contributed by atoms with Crippen molar-refractivity contribution in [3.05, 3.63) is 17.5 Å². The molecule has 0 saturated carbocycles. The first kappa shape index (κ1) is 14.3. The van der Waals surface area contributed by atoms with Crippen LogP contribution in [0.15, 0.2) is 10.6 Å². The minimum Gasteiger partial charge on any atom is -0.359 e. The van der Waals surface area contributed by atoms with Gasteiger partial charge in [-0.2, -0.15) is 0 Å². The Balaban J connectivity index is 0.00000133. The average Bonchev–Trinajstić information content (AvgIpc) is 3.09. The maximum Gasteiger partial charge on any atom is 0.227 e. The highest BCUT2D eigenvalue weighted by atomic mass is 35.5. The van der Waals surface area contributed by atoms with Gasteiger partial charge in [0.15, 0.2) is 5.76 Å². The Bertz CT molecular complexity index is 443. The first-order valence-electron chi connectivity index (χ1n) is 6.70. The standard InChI is InChI=1S/C13H19N3O2.ClH/c1-9-7-12(18-15-9)11-3-2-6-16(11)13(17)10-4-5-14-8-10;/h7,10-11,14H,2-6,8H2,1H3;1H. The van der Waals surface area contributed by atoms with Crippen molar-refractivity contribution in [3.8, 4) is 0 Å². The minimum atomic E-state index is 0. The van der Waals surface area contributed by atoms with Crippen molar-refractivity contribution in [1.82, 2.24) is 15.4 Å². The maximum atomic E-state index is 12.5. The largest absolute Gasteiger partial charge is 0.359 e. The number of amides is 1. The van der Waals surface area contributed by atoms with Gasteiger partial charge in [-0.1, -0.05) is 5.16 Å². The molecule has 5 nitrogen and oxygen atoms in total. The van der Waals surface area contributed by atoms with E-state index in [4.69, 9.17) is 4.52 Å². The van der Waals surface area contributed by atoms with Gasteiger partial charge in [-0.15, -0.1) is 12.4 Å². The summed E-state index contributed by atoms with van der Waals surface area (Å²) in [6.45, 7) is 4.53. The fourth-order valence-electron chi connectivity index (χ4n) is 2.97. The van der Waals surface area contributed by atoms with E-state index >= 15 is 0 Å². The third-order valence-electron chi connectivity index (χ3n) is 3.92. The Kier molecular flexibility index (Phi) is 4.47. The van der Waals surface area contributed by atoms with Crippen molar-refractivity contribution in [3.63, 3.8) is 0 Å². The van der Waals surface area contributed by atoms with Crippen LogP contribution in [-0.2, 0) is 4.79 Å². The molecule has 3 heterocycles. The zero-order valence-corrected chi connectivity index (χ0v) is 11.9. The molecule has 2 unspecified atom stereocenters. The van der Waals surface area contributed by atoms with Gasteiger partial charge in [0.05, 0.1) is 17.7 Å². The van der Waals surface area contributed by atoms with Crippen molar-refractivity contribution < 1.29 is 9.32 Å². The molecule has 1 aromatic heterocycles. The van der Waals surface area contributed by atoms with Gasteiger partial charge in [0.2, 0.25) is 5.91 Å². The van der Waals surface area contributed by atoms with Crippen LogP contribution in [0.1, 0.15) is 36.8 Å². The summed E-state index contributed by atoms with van der Waals surface area (Å²) in [4.78, 5) is 14.4. The van der Waals surface area contributed by atoms with E-state index in [1.54, 1.807) is 0 Å². The van der Waals surface area contributed by atoms with E-state index in [9.17, 15) is 4.79 Å². The normalized spacial score (nSPS) is 26.5. The van der Waals surface area contributed by atoms with Crippen molar-refractivity contribution in [1.29, 1.82) is 0 Å². The lowest BCUT2D eigenvalue weighted by Crippen LogP contribution is -2.36. The molecule has 3 rings (SSSR count). The van der Waals surface area contributed by atoms with Crippen LogP contribution in [0.2, 0.25) is 0 Å². The number of rotatable bonds is 2. The Morgan fingerprint density at radius 3 is 3.00 bits per heavy atom. The van der Waals surface area contributed by atoms with E-state index in [1.165, 1.54) is 0 Å². The second kappa shape index (κ2) is 5.92. The van der Waals surface area contributed by atoms with Gasteiger partial charge in [-0.25, -0.2) is 0 Å².